The first-order chi connectivity index (χ1) is 9.60. The van der Waals surface area contributed by atoms with E-state index >= 15 is 0 Å². The molecule has 0 unspecified atom stereocenters. The average Bonchev–Trinajstić information content (AvgIpc) is 3.03. The molecule has 0 radical (unpaired) electrons. The molecule has 0 saturated carbocycles. The van der Waals surface area contributed by atoms with Gasteiger partial charge in [-0.3, -0.25) is 4.68 Å². The molecule has 6 nitrogen and oxygen atoms in total. The molecular formula is C14H14N6. The third kappa shape index (κ3) is 1.54. The van der Waals surface area contributed by atoms with Gasteiger partial charge in [0.15, 0.2) is 5.82 Å². The zero-order valence-corrected chi connectivity index (χ0v) is 11.5. The molecule has 4 aromatic rings. The Morgan fingerprint density at radius 2 is 1.70 bits per heavy atom. The molecule has 0 aliphatic rings. The van der Waals surface area contributed by atoms with E-state index in [1.54, 1.807) is 0 Å². The molecule has 0 amide bonds. The summed E-state index contributed by atoms with van der Waals surface area (Å²) >= 11 is 0. The lowest BCUT2D eigenvalue weighted by molar-refractivity contribution is 0.741. The Balaban J connectivity index is 1.93. The van der Waals surface area contributed by atoms with E-state index in [0.717, 1.165) is 45.1 Å². The predicted octanol–water partition coefficient (Wildman–Crippen LogP) is 2.46. The summed E-state index contributed by atoms with van der Waals surface area (Å²) in [5, 5.41) is 4.45. The number of imidazole rings is 2. The number of H-pyrrole nitrogens is 2. The van der Waals surface area contributed by atoms with Gasteiger partial charge in [0.1, 0.15) is 11.5 Å². The van der Waals surface area contributed by atoms with Gasteiger partial charge in [0.2, 0.25) is 0 Å². The van der Waals surface area contributed by atoms with Crippen molar-refractivity contribution in [3.05, 3.63) is 29.7 Å². The van der Waals surface area contributed by atoms with Crippen molar-refractivity contribution in [2.24, 2.45) is 7.05 Å². The maximum atomic E-state index is 4.61. The zero-order chi connectivity index (χ0) is 13.9. The van der Waals surface area contributed by atoms with E-state index in [-0.39, 0.29) is 0 Å². The van der Waals surface area contributed by atoms with Crippen LogP contribution in [0.2, 0.25) is 0 Å². The van der Waals surface area contributed by atoms with Crippen molar-refractivity contribution in [2.75, 3.05) is 0 Å². The fourth-order valence-electron chi connectivity index (χ4n) is 2.44. The third-order valence-electron chi connectivity index (χ3n) is 3.56. The van der Waals surface area contributed by atoms with Crippen LogP contribution >= 0.6 is 0 Å². The van der Waals surface area contributed by atoms with Crippen LogP contribution in [0, 0.1) is 13.8 Å². The van der Waals surface area contributed by atoms with Gasteiger partial charge in [0.05, 0.1) is 22.1 Å². The molecule has 3 heterocycles. The molecule has 3 aromatic heterocycles. The van der Waals surface area contributed by atoms with E-state index in [2.05, 4.69) is 25.0 Å². The van der Waals surface area contributed by atoms with Crippen LogP contribution in [-0.4, -0.2) is 29.7 Å². The first-order valence-electron chi connectivity index (χ1n) is 6.47. The maximum absolute atomic E-state index is 4.61. The Labute approximate surface area is 114 Å². The van der Waals surface area contributed by atoms with Crippen molar-refractivity contribution in [1.82, 2.24) is 29.7 Å². The van der Waals surface area contributed by atoms with Crippen LogP contribution in [0.4, 0.5) is 0 Å². The van der Waals surface area contributed by atoms with Gasteiger partial charge in [0.25, 0.3) is 0 Å². The van der Waals surface area contributed by atoms with E-state index in [1.165, 1.54) is 0 Å². The summed E-state index contributed by atoms with van der Waals surface area (Å²) in [5.74, 6) is 1.70. The number of aromatic nitrogens is 6. The lowest BCUT2D eigenvalue weighted by Crippen LogP contribution is -1.92. The number of nitrogens with zero attached hydrogens (tertiary/aromatic N) is 4. The zero-order valence-electron chi connectivity index (χ0n) is 11.5. The largest absolute Gasteiger partial charge is 0.342 e. The van der Waals surface area contributed by atoms with E-state index < -0.39 is 0 Å². The number of fused-ring (bicyclic) bond motifs is 2. The van der Waals surface area contributed by atoms with E-state index in [9.17, 15) is 0 Å². The fraction of sp³-hybridized carbons (Fsp3) is 0.214. The van der Waals surface area contributed by atoms with Crippen LogP contribution in [0.1, 0.15) is 11.5 Å². The predicted molar refractivity (Wildman–Crippen MR) is 77.4 cm³/mol. The Kier molecular flexibility index (Phi) is 2.07. The SMILES string of the molecule is Cc1nc2cc3nc(-c4cc(C)n(C)n4)[nH]c3cc2[nH]1. The Morgan fingerprint density at radius 1 is 0.950 bits per heavy atom. The number of hydrogen-bond donors (Lipinski definition) is 2. The topological polar surface area (TPSA) is 75.2 Å². The molecule has 0 bridgehead atoms. The summed E-state index contributed by atoms with van der Waals surface area (Å²) in [6.45, 7) is 3.97. The molecule has 20 heavy (non-hydrogen) atoms. The van der Waals surface area contributed by atoms with Crippen LogP contribution in [0.3, 0.4) is 0 Å². The molecule has 0 aliphatic carbocycles. The summed E-state index contributed by atoms with van der Waals surface area (Å²) in [5.41, 5.74) is 5.80. The first kappa shape index (κ1) is 11.2. The van der Waals surface area contributed by atoms with Crippen molar-refractivity contribution >= 4 is 22.1 Å². The summed E-state index contributed by atoms with van der Waals surface area (Å²) in [4.78, 5) is 15.6. The highest BCUT2D eigenvalue weighted by atomic mass is 15.3. The maximum Gasteiger partial charge on any atom is 0.159 e. The van der Waals surface area contributed by atoms with Gasteiger partial charge in [-0.2, -0.15) is 5.10 Å². The molecule has 2 N–H and O–H groups in total. The van der Waals surface area contributed by atoms with Crippen molar-refractivity contribution in [1.29, 1.82) is 0 Å². The second-order valence-electron chi connectivity index (χ2n) is 5.09. The van der Waals surface area contributed by atoms with E-state index in [0.29, 0.717) is 0 Å². The van der Waals surface area contributed by atoms with Crippen LogP contribution in [0.25, 0.3) is 33.6 Å². The number of aromatic amines is 2. The fourth-order valence-corrected chi connectivity index (χ4v) is 2.44. The summed E-state index contributed by atoms with van der Waals surface area (Å²) in [6, 6.07) is 6.05. The number of aryl methyl sites for hydroxylation is 3. The van der Waals surface area contributed by atoms with Crippen LogP contribution in [0.5, 0.6) is 0 Å². The summed E-state index contributed by atoms with van der Waals surface area (Å²) in [6.07, 6.45) is 0. The molecule has 6 heteroatoms. The van der Waals surface area contributed by atoms with Crippen molar-refractivity contribution in [3.8, 4) is 11.5 Å². The minimum Gasteiger partial charge on any atom is -0.342 e. The van der Waals surface area contributed by atoms with E-state index in [4.69, 9.17) is 0 Å². The summed E-state index contributed by atoms with van der Waals surface area (Å²) in [7, 11) is 1.93. The highest BCUT2D eigenvalue weighted by Crippen LogP contribution is 2.23. The standard InChI is InChI=1S/C14H14N6/c1-7-4-13(19-20(7)3)14-17-11-5-9-10(6-12(11)18-14)16-8(2)15-9/h4-6H,1-3H3,(H,15,16)(H,17,18). The molecule has 1 aromatic carbocycles. The highest BCUT2D eigenvalue weighted by Gasteiger charge is 2.11. The second kappa shape index (κ2) is 3.69. The number of rotatable bonds is 1. The minimum atomic E-state index is 0.785. The first-order valence-corrected chi connectivity index (χ1v) is 6.47. The van der Waals surface area contributed by atoms with Gasteiger partial charge in [-0.1, -0.05) is 0 Å². The lowest BCUT2D eigenvalue weighted by Gasteiger charge is -1.89. The van der Waals surface area contributed by atoms with Crippen LogP contribution in [-0.2, 0) is 7.05 Å². The van der Waals surface area contributed by atoms with E-state index in [1.807, 2.05) is 43.8 Å². The van der Waals surface area contributed by atoms with Crippen LogP contribution < -0.4 is 0 Å². The van der Waals surface area contributed by atoms with Gasteiger partial charge >= 0.3 is 0 Å². The highest BCUT2D eigenvalue weighted by molar-refractivity contribution is 5.92. The molecule has 0 atom stereocenters. The van der Waals surface area contributed by atoms with Gasteiger partial charge in [-0.15, -0.1) is 0 Å². The van der Waals surface area contributed by atoms with Crippen molar-refractivity contribution in [2.45, 2.75) is 13.8 Å². The smallest absolute Gasteiger partial charge is 0.159 e. The van der Waals surface area contributed by atoms with Gasteiger partial charge in [-0.25, -0.2) is 9.97 Å². The Hall–Kier alpha value is -2.63. The second-order valence-corrected chi connectivity index (χ2v) is 5.09. The Bertz CT molecular complexity index is 869. The number of benzene rings is 1. The lowest BCUT2D eigenvalue weighted by atomic mass is 10.3. The monoisotopic (exact) mass is 266 g/mol. The van der Waals surface area contributed by atoms with Gasteiger partial charge in [-0.05, 0) is 32.0 Å². The molecule has 0 saturated heterocycles. The van der Waals surface area contributed by atoms with Gasteiger partial charge < -0.3 is 9.97 Å². The molecule has 4 rings (SSSR count). The minimum absolute atomic E-state index is 0.785. The van der Waals surface area contributed by atoms with Crippen molar-refractivity contribution in [3.63, 3.8) is 0 Å². The summed E-state index contributed by atoms with van der Waals surface area (Å²) < 4.78 is 1.84. The van der Waals surface area contributed by atoms with Crippen LogP contribution in [0.15, 0.2) is 18.2 Å². The third-order valence-corrected chi connectivity index (χ3v) is 3.56. The molecular weight excluding hydrogens is 252 g/mol. The number of hydrogen-bond acceptors (Lipinski definition) is 3. The average molecular weight is 266 g/mol. The Morgan fingerprint density at radius 3 is 2.45 bits per heavy atom. The quantitative estimate of drug-likeness (QED) is 0.555. The number of nitrogens with one attached hydrogen (secondary N) is 2. The molecule has 0 aliphatic heterocycles. The van der Waals surface area contributed by atoms with Gasteiger partial charge in [0, 0.05) is 12.7 Å². The molecule has 0 fully saturated rings. The normalized spacial score (nSPS) is 11.8. The van der Waals surface area contributed by atoms with Crippen molar-refractivity contribution < 1.29 is 0 Å². The molecule has 100 valence electrons. The molecule has 0 spiro atoms.